The highest BCUT2D eigenvalue weighted by Crippen LogP contribution is 2.25. The highest BCUT2D eigenvalue weighted by atomic mass is 16.3. The van der Waals surface area contributed by atoms with Gasteiger partial charge in [0.25, 0.3) is 0 Å². The number of nitrogens with zero attached hydrogens (tertiary/aromatic N) is 3. The van der Waals surface area contributed by atoms with E-state index >= 15 is 0 Å². The summed E-state index contributed by atoms with van der Waals surface area (Å²) >= 11 is 0. The molecule has 0 fully saturated rings. The predicted octanol–water partition coefficient (Wildman–Crippen LogP) is 2.89. The van der Waals surface area contributed by atoms with E-state index in [-0.39, 0.29) is 24.6 Å². The molecule has 0 aliphatic rings. The topological polar surface area (TPSA) is 116 Å². The van der Waals surface area contributed by atoms with Crippen LogP contribution in [0, 0.1) is 12.8 Å². The largest absolute Gasteiger partial charge is 0.399 e. The molecule has 150 valence electrons. The third kappa shape index (κ3) is 4.17. The number of imidazole rings is 1. The van der Waals surface area contributed by atoms with Gasteiger partial charge in [-0.15, -0.1) is 0 Å². The van der Waals surface area contributed by atoms with Gasteiger partial charge in [-0.3, -0.25) is 4.98 Å². The molecule has 3 rings (SSSR count). The lowest BCUT2D eigenvalue weighted by atomic mass is 10.1. The zero-order valence-electron chi connectivity index (χ0n) is 17.1. The van der Waals surface area contributed by atoms with Crippen LogP contribution >= 0.6 is 0 Å². The molecule has 0 saturated carbocycles. The standard InChI is InChI=1S/C20H29N7O/c1-11(2)16(9-28)24-20-25-18(23-15-7-13(5)6-14(21)8-15)17-19(26-20)27(10-22-17)12(3)4/h6-8,10-12,16,28H,9,21H2,1-5H3,(H2,23,24,25,26)/p+1/t16-/m0/s1. The van der Waals surface area contributed by atoms with E-state index in [1.165, 1.54) is 0 Å². The molecule has 28 heavy (non-hydrogen) atoms. The molecule has 2 heterocycles. The Labute approximate surface area is 165 Å². The minimum absolute atomic E-state index is 0.00750. The summed E-state index contributed by atoms with van der Waals surface area (Å²) in [7, 11) is 0. The van der Waals surface area contributed by atoms with E-state index in [0.717, 1.165) is 22.4 Å². The van der Waals surface area contributed by atoms with Gasteiger partial charge < -0.3 is 21.5 Å². The molecule has 2 aromatic heterocycles. The van der Waals surface area contributed by atoms with E-state index in [9.17, 15) is 5.11 Å². The van der Waals surface area contributed by atoms with Gasteiger partial charge in [0, 0.05) is 11.4 Å². The Kier molecular flexibility index (Phi) is 5.69. The zero-order valence-corrected chi connectivity index (χ0v) is 17.1. The predicted molar refractivity (Wildman–Crippen MR) is 113 cm³/mol. The lowest BCUT2D eigenvalue weighted by Gasteiger charge is -2.19. The van der Waals surface area contributed by atoms with Gasteiger partial charge >= 0.3 is 11.6 Å². The lowest BCUT2D eigenvalue weighted by Crippen LogP contribution is -2.35. The molecule has 1 atom stereocenters. The molecule has 0 aliphatic carbocycles. The SMILES string of the molecule is Cc1cc(N)cc(Nc2nc(N[C@@H](CO)C(C)C)nc3c2[nH]c[n+]3C(C)C)c1. The van der Waals surface area contributed by atoms with Gasteiger partial charge in [-0.25, -0.2) is 4.57 Å². The quantitative estimate of drug-likeness (QED) is 0.316. The Hall–Kier alpha value is -2.87. The minimum Gasteiger partial charge on any atom is -0.399 e. The first-order valence-corrected chi connectivity index (χ1v) is 9.60. The van der Waals surface area contributed by atoms with Crippen molar-refractivity contribution in [2.75, 3.05) is 23.0 Å². The van der Waals surface area contributed by atoms with Crippen molar-refractivity contribution in [3.8, 4) is 0 Å². The third-order valence-electron chi connectivity index (χ3n) is 4.72. The van der Waals surface area contributed by atoms with Crippen LogP contribution in [0.1, 0.15) is 39.3 Å². The molecule has 3 aromatic rings. The number of H-pyrrole nitrogens is 1. The van der Waals surface area contributed by atoms with E-state index < -0.39 is 0 Å². The number of hydrogen-bond donors (Lipinski definition) is 5. The number of aromatic amines is 1. The molecule has 0 bridgehead atoms. The van der Waals surface area contributed by atoms with Crippen LogP contribution in [0.2, 0.25) is 0 Å². The van der Waals surface area contributed by atoms with Gasteiger partial charge in [-0.05, 0) is 50.5 Å². The number of aliphatic hydroxyl groups is 1. The van der Waals surface area contributed by atoms with Crippen molar-refractivity contribution in [1.82, 2.24) is 15.0 Å². The van der Waals surface area contributed by atoms with Gasteiger partial charge in [-0.1, -0.05) is 18.8 Å². The number of fused-ring (bicyclic) bond motifs is 1. The number of benzene rings is 1. The summed E-state index contributed by atoms with van der Waals surface area (Å²) in [6.45, 7) is 10.3. The highest BCUT2D eigenvalue weighted by molar-refractivity contribution is 5.84. The number of aromatic nitrogens is 4. The van der Waals surface area contributed by atoms with Crippen molar-refractivity contribution in [3.05, 3.63) is 30.1 Å². The van der Waals surface area contributed by atoms with E-state index in [1.54, 1.807) is 0 Å². The monoisotopic (exact) mass is 384 g/mol. The number of nitrogens with one attached hydrogen (secondary N) is 3. The first-order chi connectivity index (χ1) is 13.3. The maximum absolute atomic E-state index is 9.68. The van der Waals surface area contributed by atoms with Gasteiger partial charge in [0.1, 0.15) is 0 Å². The maximum Gasteiger partial charge on any atom is 0.309 e. The smallest absolute Gasteiger partial charge is 0.309 e. The number of anilines is 4. The van der Waals surface area contributed by atoms with Crippen molar-refractivity contribution < 1.29 is 9.67 Å². The fraction of sp³-hybridized carbons (Fsp3) is 0.450. The number of aliphatic hydroxyl groups excluding tert-OH is 1. The first-order valence-electron chi connectivity index (χ1n) is 9.60. The van der Waals surface area contributed by atoms with Crippen molar-refractivity contribution in [1.29, 1.82) is 0 Å². The van der Waals surface area contributed by atoms with Crippen LogP contribution in [0.5, 0.6) is 0 Å². The van der Waals surface area contributed by atoms with Crippen molar-refractivity contribution in [2.24, 2.45) is 5.92 Å². The van der Waals surface area contributed by atoms with Crippen LogP contribution < -0.4 is 20.9 Å². The van der Waals surface area contributed by atoms with Crippen LogP contribution in [0.3, 0.4) is 0 Å². The van der Waals surface area contributed by atoms with Crippen LogP contribution in [-0.2, 0) is 0 Å². The van der Waals surface area contributed by atoms with Crippen molar-refractivity contribution in [2.45, 2.75) is 46.7 Å². The number of aryl methyl sites for hydroxylation is 1. The third-order valence-corrected chi connectivity index (χ3v) is 4.72. The second-order valence-corrected chi connectivity index (χ2v) is 7.80. The average molecular weight is 385 g/mol. The maximum atomic E-state index is 9.68. The van der Waals surface area contributed by atoms with Gasteiger partial charge in [0.15, 0.2) is 12.1 Å². The summed E-state index contributed by atoms with van der Waals surface area (Å²) in [6, 6.07) is 5.91. The second kappa shape index (κ2) is 8.02. The van der Waals surface area contributed by atoms with Crippen LogP contribution in [0.15, 0.2) is 24.5 Å². The van der Waals surface area contributed by atoms with Gasteiger partial charge in [0.05, 0.1) is 18.7 Å². The Balaban J connectivity index is 2.08. The molecular weight excluding hydrogens is 354 g/mol. The molecule has 0 amide bonds. The molecule has 0 radical (unpaired) electrons. The fourth-order valence-electron chi connectivity index (χ4n) is 3.12. The molecule has 8 nitrogen and oxygen atoms in total. The molecule has 0 spiro atoms. The summed E-state index contributed by atoms with van der Waals surface area (Å²) in [5, 5.41) is 16.3. The number of nitrogen functional groups attached to an aromatic ring is 1. The van der Waals surface area contributed by atoms with E-state index in [4.69, 9.17) is 10.7 Å². The average Bonchev–Trinajstić information content (AvgIpc) is 3.03. The molecular formula is C20H30N7O+. The normalized spacial score (nSPS) is 12.7. The Morgan fingerprint density at radius 1 is 1.18 bits per heavy atom. The number of rotatable bonds is 7. The summed E-state index contributed by atoms with van der Waals surface area (Å²) in [4.78, 5) is 12.6. The second-order valence-electron chi connectivity index (χ2n) is 7.80. The van der Waals surface area contributed by atoms with Gasteiger partial charge in [-0.2, -0.15) is 4.98 Å². The fourth-order valence-corrected chi connectivity index (χ4v) is 3.12. The molecule has 0 aliphatic heterocycles. The molecule has 0 saturated heterocycles. The molecule has 1 aromatic carbocycles. The summed E-state index contributed by atoms with van der Waals surface area (Å²) < 4.78 is 2.06. The van der Waals surface area contributed by atoms with E-state index in [0.29, 0.717) is 17.5 Å². The Morgan fingerprint density at radius 3 is 2.54 bits per heavy atom. The first kappa shape index (κ1) is 19.9. The summed E-state index contributed by atoms with van der Waals surface area (Å²) in [5.74, 6) is 1.36. The van der Waals surface area contributed by atoms with Gasteiger partial charge in [0.2, 0.25) is 5.52 Å². The number of hydrogen-bond acceptors (Lipinski definition) is 6. The molecule has 0 unspecified atom stereocenters. The van der Waals surface area contributed by atoms with Crippen LogP contribution in [-0.4, -0.2) is 32.7 Å². The van der Waals surface area contributed by atoms with Crippen LogP contribution in [0.25, 0.3) is 11.2 Å². The van der Waals surface area contributed by atoms with Crippen LogP contribution in [0.4, 0.5) is 23.1 Å². The van der Waals surface area contributed by atoms with Crippen molar-refractivity contribution in [3.63, 3.8) is 0 Å². The zero-order chi connectivity index (χ0) is 20.4. The Morgan fingerprint density at radius 2 is 1.93 bits per heavy atom. The van der Waals surface area contributed by atoms with E-state index in [2.05, 4.69) is 39.0 Å². The minimum atomic E-state index is -0.133. The van der Waals surface area contributed by atoms with Crippen molar-refractivity contribution >= 4 is 34.3 Å². The highest BCUT2D eigenvalue weighted by Gasteiger charge is 2.23. The number of nitrogens with two attached hydrogens (primary N) is 1. The Bertz CT molecular complexity index is 944. The summed E-state index contributed by atoms with van der Waals surface area (Å²) in [5.41, 5.74) is 10.2. The molecule has 8 heteroatoms. The van der Waals surface area contributed by atoms with E-state index in [1.807, 2.05) is 45.3 Å². The summed E-state index contributed by atoms with van der Waals surface area (Å²) in [6.07, 6.45) is 1.90. The lowest BCUT2D eigenvalue weighted by molar-refractivity contribution is -0.692. The molecule has 6 N–H and O–H groups in total.